The predicted octanol–water partition coefficient (Wildman–Crippen LogP) is 0.779. The van der Waals surface area contributed by atoms with Crippen molar-refractivity contribution in [3.8, 4) is 5.75 Å². The first-order chi connectivity index (χ1) is 17.4. The number of aliphatic hydroxyl groups excluding tert-OH is 4. The molecule has 2 rings (SSSR count). The van der Waals surface area contributed by atoms with Crippen LogP contribution in [0, 0.1) is 0 Å². The molecule has 1 aliphatic rings. The molecule has 1 aromatic carbocycles. The number of carbonyl (C=O) groups is 3. The van der Waals surface area contributed by atoms with Crippen LogP contribution in [0.25, 0.3) is 0 Å². The van der Waals surface area contributed by atoms with E-state index < -0.39 is 72.8 Å². The lowest BCUT2D eigenvalue weighted by molar-refractivity contribution is -0.287. The summed E-state index contributed by atoms with van der Waals surface area (Å²) in [7, 11) is 0. The molecule has 1 heterocycles. The summed E-state index contributed by atoms with van der Waals surface area (Å²) in [6, 6.07) is 4.85. The van der Waals surface area contributed by atoms with Gasteiger partial charge in [0.25, 0.3) is 0 Å². The number of hydrogen-bond acceptors (Lipinski definition) is 12. The maximum Gasteiger partial charge on any atom is 0.514 e. The second kappa shape index (κ2) is 12.7. The molecule has 1 amide bonds. The van der Waals surface area contributed by atoms with E-state index in [0.29, 0.717) is 5.56 Å². The van der Waals surface area contributed by atoms with Gasteiger partial charge in [-0.15, -0.1) is 0 Å². The number of amides is 1. The number of aliphatic hydroxyl groups is 4. The normalized spacial score (nSPS) is 24.6. The van der Waals surface area contributed by atoms with Gasteiger partial charge in [0.15, 0.2) is 6.29 Å². The van der Waals surface area contributed by atoms with E-state index in [1.54, 1.807) is 53.7 Å². The van der Waals surface area contributed by atoms with Gasteiger partial charge < -0.3 is 49.4 Å². The van der Waals surface area contributed by atoms with E-state index in [4.69, 9.17) is 23.7 Å². The SMILES string of the molecule is CC(C)(C)OC(=O)N[C@H](Cc1ccc(OC(=O)OC(C)(C)C)cc1)C(=O)OC[C@H]1O[C@H](O)[C@H](O)[C@@H](O)[C@@H]1O. The lowest BCUT2D eigenvalue weighted by atomic mass is 9.99. The van der Waals surface area contributed by atoms with Crippen LogP contribution in [0.2, 0.25) is 0 Å². The lowest BCUT2D eigenvalue weighted by Crippen LogP contribution is -2.59. The van der Waals surface area contributed by atoms with E-state index in [-0.39, 0.29) is 12.2 Å². The van der Waals surface area contributed by atoms with Crippen LogP contribution in [-0.4, -0.2) is 93.2 Å². The third-order valence-corrected chi connectivity index (χ3v) is 5.01. The zero-order valence-electron chi connectivity index (χ0n) is 22.2. The van der Waals surface area contributed by atoms with Crippen molar-refractivity contribution in [2.75, 3.05) is 6.61 Å². The third kappa shape index (κ3) is 10.1. The molecule has 1 aliphatic heterocycles. The Balaban J connectivity index is 2.08. The number of benzene rings is 1. The lowest BCUT2D eigenvalue weighted by Gasteiger charge is -2.38. The van der Waals surface area contributed by atoms with Crippen molar-refractivity contribution >= 4 is 18.2 Å². The molecule has 1 saturated heterocycles. The molecule has 0 aliphatic carbocycles. The number of carbonyl (C=O) groups excluding carboxylic acids is 3. The van der Waals surface area contributed by atoms with Gasteiger partial charge >= 0.3 is 18.2 Å². The highest BCUT2D eigenvalue weighted by Gasteiger charge is 2.43. The molecule has 5 N–H and O–H groups in total. The fourth-order valence-corrected chi connectivity index (χ4v) is 3.27. The van der Waals surface area contributed by atoms with Crippen molar-refractivity contribution in [2.24, 2.45) is 0 Å². The molecule has 214 valence electrons. The largest absolute Gasteiger partial charge is 0.514 e. The zero-order chi connectivity index (χ0) is 28.8. The zero-order valence-corrected chi connectivity index (χ0v) is 22.2. The average Bonchev–Trinajstić information content (AvgIpc) is 2.77. The smallest absolute Gasteiger partial charge is 0.461 e. The monoisotopic (exact) mass is 543 g/mol. The quantitative estimate of drug-likeness (QED) is 0.185. The molecule has 6 atom stereocenters. The molecule has 13 heteroatoms. The fraction of sp³-hybridized carbons (Fsp3) is 0.640. The van der Waals surface area contributed by atoms with Crippen LogP contribution in [0.1, 0.15) is 47.1 Å². The van der Waals surface area contributed by atoms with Crippen molar-refractivity contribution in [3.05, 3.63) is 29.8 Å². The summed E-state index contributed by atoms with van der Waals surface area (Å²) >= 11 is 0. The number of ether oxygens (including phenoxy) is 5. The second-order valence-corrected chi connectivity index (χ2v) is 10.8. The summed E-state index contributed by atoms with van der Waals surface area (Å²) in [5, 5.41) is 41.6. The van der Waals surface area contributed by atoms with Crippen molar-refractivity contribution in [2.45, 2.75) is 95.9 Å². The van der Waals surface area contributed by atoms with Crippen LogP contribution in [-0.2, 0) is 30.2 Å². The van der Waals surface area contributed by atoms with E-state index in [1.165, 1.54) is 12.1 Å². The summed E-state index contributed by atoms with van der Waals surface area (Å²) in [6.07, 6.45) is -10.0. The van der Waals surface area contributed by atoms with Gasteiger partial charge in [-0.1, -0.05) is 12.1 Å². The maximum atomic E-state index is 12.9. The highest BCUT2D eigenvalue weighted by Crippen LogP contribution is 2.21. The van der Waals surface area contributed by atoms with E-state index >= 15 is 0 Å². The average molecular weight is 544 g/mol. The molecule has 1 fully saturated rings. The molecule has 0 spiro atoms. The van der Waals surface area contributed by atoms with Gasteiger partial charge in [-0.25, -0.2) is 14.4 Å². The highest BCUT2D eigenvalue weighted by molar-refractivity contribution is 5.81. The second-order valence-electron chi connectivity index (χ2n) is 10.8. The minimum atomic E-state index is -1.80. The Labute approximate surface area is 220 Å². The summed E-state index contributed by atoms with van der Waals surface area (Å²) in [5.41, 5.74) is -1.01. The molecular formula is C25H37NO12. The number of nitrogens with one attached hydrogen (secondary N) is 1. The number of rotatable bonds is 7. The minimum Gasteiger partial charge on any atom is -0.461 e. The van der Waals surface area contributed by atoms with Gasteiger partial charge in [-0.3, -0.25) is 0 Å². The van der Waals surface area contributed by atoms with Gasteiger partial charge in [0, 0.05) is 6.42 Å². The molecule has 0 saturated carbocycles. The molecule has 0 bridgehead atoms. The highest BCUT2D eigenvalue weighted by atomic mass is 16.7. The van der Waals surface area contributed by atoms with E-state index in [1.807, 2.05) is 0 Å². The Bertz CT molecular complexity index is 953. The molecule has 0 radical (unpaired) electrons. The topological polar surface area (TPSA) is 190 Å². The van der Waals surface area contributed by atoms with Crippen LogP contribution in [0.3, 0.4) is 0 Å². The molecule has 38 heavy (non-hydrogen) atoms. The number of alkyl carbamates (subject to hydrolysis) is 1. The van der Waals surface area contributed by atoms with Crippen molar-refractivity contribution in [1.82, 2.24) is 5.32 Å². The minimum absolute atomic E-state index is 0.0527. The maximum absolute atomic E-state index is 12.9. The van der Waals surface area contributed by atoms with E-state index in [2.05, 4.69) is 5.32 Å². The van der Waals surface area contributed by atoms with Gasteiger partial charge in [0.05, 0.1) is 0 Å². The Morgan fingerprint density at radius 1 is 0.895 bits per heavy atom. The van der Waals surface area contributed by atoms with Crippen LogP contribution in [0.4, 0.5) is 9.59 Å². The van der Waals surface area contributed by atoms with Gasteiger partial charge in [-0.2, -0.15) is 0 Å². The third-order valence-electron chi connectivity index (χ3n) is 5.01. The molecular weight excluding hydrogens is 506 g/mol. The van der Waals surface area contributed by atoms with Crippen LogP contribution in [0.5, 0.6) is 5.75 Å². The van der Waals surface area contributed by atoms with Gasteiger partial charge in [0.1, 0.15) is 54.0 Å². The van der Waals surface area contributed by atoms with Crippen molar-refractivity contribution in [1.29, 1.82) is 0 Å². The summed E-state index contributed by atoms with van der Waals surface area (Å²) in [5.74, 6) is -0.721. The van der Waals surface area contributed by atoms with Gasteiger partial charge in [-0.05, 0) is 59.2 Å². The first kappa shape index (κ1) is 31.2. The predicted molar refractivity (Wildman–Crippen MR) is 130 cm³/mol. The Morgan fingerprint density at radius 2 is 1.47 bits per heavy atom. The Kier molecular flexibility index (Phi) is 10.5. The first-order valence-corrected chi connectivity index (χ1v) is 12.0. The van der Waals surface area contributed by atoms with E-state index in [0.717, 1.165) is 0 Å². The first-order valence-electron chi connectivity index (χ1n) is 12.0. The number of esters is 1. The fourth-order valence-electron chi connectivity index (χ4n) is 3.27. The van der Waals surface area contributed by atoms with Crippen LogP contribution < -0.4 is 10.1 Å². The molecule has 0 unspecified atom stereocenters. The number of hydrogen-bond donors (Lipinski definition) is 5. The molecule has 0 aromatic heterocycles. The van der Waals surface area contributed by atoms with Crippen LogP contribution in [0.15, 0.2) is 24.3 Å². The summed E-state index contributed by atoms with van der Waals surface area (Å²) in [6.45, 7) is 9.45. The van der Waals surface area contributed by atoms with E-state index in [9.17, 15) is 34.8 Å². The Morgan fingerprint density at radius 3 is 2.03 bits per heavy atom. The van der Waals surface area contributed by atoms with Crippen molar-refractivity contribution < 1.29 is 58.5 Å². The standard InChI is InChI=1S/C25H37NO12/c1-24(2,3)37-22(32)26-15(20(30)34-12-16-17(27)18(28)19(29)21(31)36-16)11-13-7-9-14(10-8-13)35-23(33)38-25(4,5)6/h7-10,15-19,21,27-29,31H,11-12H2,1-6H3,(H,26,32)/t15-,16-,17-,18+,19-,21+/m1/s1. The molecule has 1 aromatic rings. The summed E-state index contributed by atoms with van der Waals surface area (Å²) in [4.78, 5) is 37.1. The Hall–Kier alpha value is -2.97. The summed E-state index contributed by atoms with van der Waals surface area (Å²) < 4.78 is 25.6. The molecule has 13 nitrogen and oxygen atoms in total. The van der Waals surface area contributed by atoms with Crippen LogP contribution >= 0.6 is 0 Å². The van der Waals surface area contributed by atoms with Gasteiger partial charge in [0.2, 0.25) is 0 Å². The van der Waals surface area contributed by atoms with Crippen molar-refractivity contribution in [3.63, 3.8) is 0 Å².